The fourth-order valence-corrected chi connectivity index (χ4v) is 5.89. The molecule has 2 aromatic carbocycles. The molecule has 2 unspecified atom stereocenters. The van der Waals surface area contributed by atoms with Gasteiger partial charge in [0.15, 0.2) is 6.29 Å². The molecule has 2 aromatic rings. The number of fused-ring (bicyclic) bond motifs is 2. The lowest BCUT2D eigenvalue weighted by Crippen LogP contribution is -2.56. The number of ether oxygens (including phenoxy) is 2. The fourth-order valence-electron chi connectivity index (χ4n) is 4.92. The van der Waals surface area contributed by atoms with Crippen molar-refractivity contribution in [3.05, 3.63) is 48.0 Å². The number of amides is 3. The smallest absolute Gasteiger partial charge is 0.252 e. The summed E-state index contributed by atoms with van der Waals surface area (Å²) in [5, 5.41) is 12.2. The molecule has 2 aliphatic rings. The standard InChI is InChI=1S/C30H40N4O5S/c1-17(2)14-23(29(37)34-24(15-18(3)4)28(36)32-21-12-13-39-30(21)38-5)33-27(35)19-10-11-26-22(16-19)31-20-8-6-7-9-25(20)40-26/h6-11,16-18,21,23-24,30-31H,12-15H2,1-5H3,(H,32,36)(H,33,35)(H,34,37)/t21-,23?,24-,30?/m0/s1. The molecule has 40 heavy (non-hydrogen) atoms. The molecule has 0 spiro atoms. The van der Waals surface area contributed by atoms with Crippen LogP contribution < -0.4 is 21.3 Å². The van der Waals surface area contributed by atoms with Gasteiger partial charge in [0.25, 0.3) is 5.91 Å². The molecular weight excluding hydrogens is 528 g/mol. The first-order valence-electron chi connectivity index (χ1n) is 13.9. The van der Waals surface area contributed by atoms with Gasteiger partial charge in [-0.15, -0.1) is 0 Å². The van der Waals surface area contributed by atoms with Crippen LogP contribution in [0.5, 0.6) is 0 Å². The lowest BCUT2D eigenvalue weighted by Gasteiger charge is -2.27. The number of rotatable bonds is 11. The van der Waals surface area contributed by atoms with Gasteiger partial charge in [-0.3, -0.25) is 14.4 Å². The van der Waals surface area contributed by atoms with Crippen molar-refractivity contribution in [2.75, 3.05) is 19.0 Å². The minimum atomic E-state index is -0.796. The maximum atomic E-state index is 13.5. The molecule has 0 aliphatic carbocycles. The first-order valence-corrected chi connectivity index (χ1v) is 14.7. The molecule has 4 atom stereocenters. The lowest BCUT2D eigenvalue weighted by atomic mass is 9.99. The number of hydrogen-bond acceptors (Lipinski definition) is 7. The van der Waals surface area contributed by atoms with Crippen LogP contribution in [0.1, 0.15) is 57.3 Å². The second kappa shape index (κ2) is 13.5. The van der Waals surface area contributed by atoms with Gasteiger partial charge >= 0.3 is 0 Å². The Hall–Kier alpha value is -3.08. The molecule has 10 heteroatoms. The Kier molecular flexibility index (Phi) is 10.1. The average molecular weight is 569 g/mol. The van der Waals surface area contributed by atoms with Crippen molar-refractivity contribution in [1.82, 2.24) is 16.0 Å². The van der Waals surface area contributed by atoms with Gasteiger partial charge in [0, 0.05) is 22.5 Å². The first-order chi connectivity index (χ1) is 19.1. The molecule has 216 valence electrons. The van der Waals surface area contributed by atoms with E-state index in [0.29, 0.717) is 31.4 Å². The molecule has 4 rings (SSSR count). The third kappa shape index (κ3) is 7.56. The monoisotopic (exact) mass is 568 g/mol. The van der Waals surface area contributed by atoms with E-state index in [1.807, 2.05) is 58.0 Å². The summed E-state index contributed by atoms with van der Waals surface area (Å²) in [6.45, 7) is 8.48. The van der Waals surface area contributed by atoms with Crippen LogP contribution in [0.2, 0.25) is 0 Å². The molecular formula is C30H40N4O5S. The molecule has 3 amide bonds. The van der Waals surface area contributed by atoms with Crippen LogP contribution in [0.15, 0.2) is 52.3 Å². The predicted octanol–water partition coefficient (Wildman–Crippen LogP) is 4.45. The van der Waals surface area contributed by atoms with E-state index < -0.39 is 18.4 Å². The quantitative estimate of drug-likeness (QED) is 0.270. The molecule has 4 N–H and O–H groups in total. The van der Waals surface area contributed by atoms with Crippen molar-refractivity contribution in [3.63, 3.8) is 0 Å². The Morgan fingerprint density at radius 1 is 0.950 bits per heavy atom. The number of nitrogens with one attached hydrogen (secondary N) is 4. The summed E-state index contributed by atoms with van der Waals surface area (Å²) in [6, 6.07) is 11.7. The van der Waals surface area contributed by atoms with E-state index in [0.717, 1.165) is 21.2 Å². The van der Waals surface area contributed by atoms with E-state index >= 15 is 0 Å². The topological polar surface area (TPSA) is 118 Å². The zero-order chi connectivity index (χ0) is 28.8. The van der Waals surface area contributed by atoms with Crippen molar-refractivity contribution in [2.24, 2.45) is 11.8 Å². The third-order valence-corrected chi connectivity index (χ3v) is 8.04. The summed E-state index contributed by atoms with van der Waals surface area (Å²) in [4.78, 5) is 42.2. The van der Waals surface area contributed by atoms with Crippen molar-refractivity contribution in [1.29, 1.82) is 0 Å². The number of anilines is 2. The molecule has 0 saturated carbocycles. The first kappa shape index (κ1) is 29.9. The summed E-state index contributed by atoms with van der Waals surface area (Å²) in [5.41, 5.74) is 2.29. The zero-order valence-electron chi connectivity index (χ0n) is 23.8. The average Bonchev–Trinajstić information content (AvgIpc) is 3.37. The molecule has 0 bridgehead atoms. The minimum Gasteiger partial charge on any atom is -0.354 e. The molecule has 0 aromatic heterocycles. The molecule has 1 saturated heterocycles. The number of carbonyl (C=O) groups is 3. The molecule has 2 heterocycles. The van der Waals surface area contributed by atoms with Crippen LogP contribution in [0.25, 0.3) is 0 Å². The van der Waals surface area contributed by atoms with Gasteiger partial charge in [-0.1, -0.05) is 51.6 Å². The molecule has 1 fully saturated rings. The second-order valence-corrected chi connectivity index (χ2v) is 12.2. The predicted molar refractivity (Wildman–Crippen MR) is 156 cm³/mol. The van der Waals surface area contributed by atoms with Gasteiger partial charge in [0.2, 0.25) is 11.8 Å². The maximum absolute atomic E-state index is 13.5. The Balaban J connectivity index is 1.45. The van der Waals surface area contributed by atoms with Gasteiger partial charge in [-0.25, -0.2) is 0 Å². The highest BCUT2D eigenvalue weighted by Gasteiger charge is 2.33. The highest BCUT2D eigenvalue weighted by atomic mass is 32.2. The van der Waals surface area contributed by atoms with Gasteiger partial charge in [0.05, 0.1) is 24.0 Å². The van der Waals surface area contributed by atoms with Crippen molar-refractivity contribution in [2.45, 2.75) is 81.2 Å². The van der Waals surface area contributed by atoms with E-state index in [1.165, 1.54) is 7.11 Å². The van der Waals surface area contributed by atoms with E-state index in [4.69, 9.17) is 9.47 Å². The number of methoxy groups -OCH3 is 1. The highest BCUT2D eigenvalue weighted by molar-refractivity contribution is 7.99. The Bertz CT molecular complexity index is 1220. The van der Waals surface area contributed by atoms with Crippen LogP contribution in [0.4, 0.5) is 11.4 Å². The van der Waals surface area contributed by atoms with E-state index in [2.05, 4.69) is 27.3 Å². The van der Waals surface area contributed by atoms with Crippen LogP contribution in [0, 0.1) is 11.8 Å². The number of hydrogen-bond donors (Lipinski definition) is 4. The Morgan fingerprint density at radius 2 is 1.62 bits per heavy atom. The normalized spacial score (nSPS) is 19.3. The van der Waals surface area contributed by atoms with Crippen LogP contribution in [-0.2, 0) is 19.1 Å². The molecule has 2 aliphatic heterocycles. The number of para-hydroxylation sites is 1. The van der Waals surface area contributed by atoms with E-state index in [1.54, 1.807) is 17.8 Å². The van der Waals surface area contributed by atoms with Crippen molar-refractivity contribution < 1.29 is 23.9 Å². The summed E-state index contributed by atoms with van der Waals surface area (Å²) < 4.78 is 10.8. The highest BCUT2D eigenvalue weighted by Crippen LogP contribution is 2.44. The van der Waals surface area contributed by atoms with Gasteiger partial charge in [-0.2, -0.15) is 0 Å². The van der Waals surface area contributed by atoms with Crippen molar-refractivity contribution >= 4 is 40.9 Å². The molecule has 0 radical (unpaired) electrons. The van der Waals surface area contributed by atoms with E-state index in [9.17, 15) is 14.4 Å². The van der Waals surface area contributed by atoms with Crippen LogP contribution >= 0.6 is 11.8 Å². The minimum absolute atomic E-state index is 0.143. The number of carbonyl (C=O) groups excluding carboxylic acids is 3. The van der Waals surface area contributed by atoms with Gasteiger partial charge in [-0.05, 0) is 61.4 Å². The Morgan fingerprint density at radius 3 is 2.33 bits per heavy atom. The Labute approximate surface area is 240 Å². The summed E-state index contributed by atoms with van der Waals surface area (Å²) >= 11 is 1.65. The zero-order valence-corrected chi connectivity index (χ0v) is 24.6. The largest absolute Gasteiger partial charge is 0.354 e. The third-order valence-electron chi connectivity index (χ3n) is 6.89. The van der Waals surface area contributed by atoms with E-state index in [-0.39, 0.29) is 35.6 Å². The summed E-state index contributed by atoms with van der Waals surface area (Å²) in [6.07, 6.45) is 1.02. The van der Waals surface area contributed by atoms with Crippen LogP contribution in [0.3, 0.4) is 0 Å². The maximum Gasteiger partial charge on any atom is 0.252 e. The molecule has 9 nitrogen and oxygen atoms in total. The summed E-state index contributed by atoms with van der Waals surface area (Å²) in [5.74, 6) is -0.699. The SMILES string of the molecule is COC1OCC[C@@H]1NC(=O)[C@H](CC(C)C)NC(=O)C(CC(C)C)NC(=O)c1ccc2c(c1)Nc1ccccc1S2. The number of benzene rings is 2. The van der Waals surface area contributed by atoms with Crippen LogP contribution in [-0.4, -0.2) is 55.9 Å². The second-order valence-electron chi connectivity index (χ2n) is 11.2. The van der Waals surface area contributed by atoms with Gasteiger partial charge < -0.3 is 30.7 Å². The fraction of sp³-hybridized carbons (Fsp3) is 0.500. The van der Waals surface area contributed by atoms with Gasteiger partial charge in [0.1, 0.15) is 12.1 Å². The van der Waals surface area contributed by atoms with Crippen molar-refractivity contribution in [3.8, 4) is 0 Å². The lowest BCUT2D eigenvalue weighted by molar-refractivity contribution is -0.134. The summed E-state index contributed by atoms with van der Waals surface area (Å²) in [7, 11) is 1.54.